The highest BCUT2D eigenvalue weighted by molar-refractivity contribution is 5.82. The molecule has 3 rings (SSSR count). The van der Waals surface area contributed by atoms with E-state index >= 15 is 0 Å². The largest absolute Gasteiger partial charge is 0.355 e. The van der Waals surface area contributed by atoms with Crippen LogP contribution in [0, 0.1) is 5.92 Å². The average Bonchev–Trinajstić information content (AvgIpc) is 3.46. The molecule has 2 unspecified atom stereocenters. The van der Waals surface area contributed by atoms with Crippen LogP contribution in [0.25, 0.3) is 0 Å². The normalized spacial score (nSPS) is 24.0. The minimum atomic E-state index is -0.00851. The summed E-state index contributed by atoms with van der Waals surface area (Å²) in [7, 11) is 1.89. The van der Waals surface area contributed by atoms with Gasteiger partial charge in [-0.2, -0.15) is 0 Å². The van der Waals surface area contributed by atoms with Crippen molar-refractivity contribution in [2.75, 3.05) is 66.0 Å². The minimum Gasteiger partial charge on any atom is -0.355 e. The Labute approximate surface area is 183 Å². The summed E-state index contributed by atoms with van der Waals surface area (Å²) in [6.07, 6.45) is 6.21. The maximum Gasteiger partial charge on any atom is 0.239 e. The fraction of sp³-hybridized carbons (Fsp3) is 0.913. The molecule has 3 heterocycles. The van der Waals surface area contributed by atoms with E-state index in [1.54, 1.807) is 0 Å². The summed E-state index contributed by atoms with van der Waals surface area (Å²) in [6.45, 7) is 15.7. The first-order valence-electron chi connectivity index (χ1n) is 12.2. The number of aliphatic imine (C=N–C) groups is 1. The Morgan fingerprint density at radius 2 is 1.43 bits per heavy atom. The van der Waals surface area contributed by atoms with E-state index in [4.69, 9.17) is 0 Å². The van der Waals surface area contributed by atoms with Gasteiger partial charge in [0.25, 0.3) is 0 Å². The molecule has 0 aromatic rings. The number of amides is 1. The fourth-order valence-corrected chi connectivity index (χ4v) is 5.23. The van der Waals surface area contributed by atoms with E-state index in [9.17, 15) is 4.79 Å². The molecule has 1 amide bonds. The number of carbonyl (C=O) groups excluding carboxylic acids is 1. The summed E-state index contributed by atoms with van der Waals surface area (Å²) >= 11 is 0. The molecule has 0 saturated carbocycles. The van der Waals surface area contributed by atoms with Gasteiger partial charge in [0.15, 0.2) is 5.96 Å². The maximum absolute atomic E-state index is 12.7. The van der Waals surface area contributed by atoms with Gasteiger partial charge in [0.05, 0.1) is 6.04 Å². The molecule has 2 atom stereocenters. The third kappa shape index (κ3) is 6.10. The van der Waals surface area contributed by atoms with Gasteiger partial charge in [0, 0.05) is 58.9 Å². The van der Waals surface area contributed by atoms with Gasteiger partial charge in [-0.3, -0.25) is 19.6 Å². The highest BCUT2D eigenvalue weighted by atomic mass is 16.2. The van der Waals surface area contributed by atoms with Gasteiger partial charge in [-0.05, 0) is 58.0 Å². The van der Waals surface area contributed by atoms with Crippen molar-refractivity contribution >= 4 is 11.9 Å². The summed E-state index contributed by atoms with van der Waals surface area (Å²) in [4.78, 5) is 26.7. The quantitative estimate of drug-likeness (QED) is 0.502. The number of hydrogen-bond donors (Lipinski definition) is 1. The number of piperazine rings is 1. The molecule has 0 spiro atoms. The summed E-state index contributed by atoms with van der Waals surface area (Å²) < 4.78 is 0. The zero-order valence-corrected chi connectivity index (χ0v) is 19.8. The number of guanidine groups is 1. The molecule has 0 bridgehead atoms. The van der Waals surface area contributed by atoms with Crippen molar-refractivity contribution in [2.45, 2.75) is 65.0 Å². The molecule has 172 valence electrons. The second-order valence-electron chi connectivity index (χ2n) is 9.69. The third-order valence-electron chi connectivity index (χ3n) is 7.04. The van der Waals surface area contributed by atoms with Crippen LogP contribution >= 0.6 is 0 Å². The molecule has 0 aromatic carbocycles. The zero-order valence-electron chi connectivity index (χ0n) is 19.8. The molecule has 7 heteroatoms. The van der Waals surface area contributed by atoms with Crippen molar-refractivity contribution in [1.82, 2.24) is 24.9 Å². The smallest absolute Gasteiger partial charge is 0.239 e. The molecular weight excluding hydrogens is 376 g/mol. The zero-order chi connectivity index (χ0) is 21.5. The number of hydrogen-bond acceptors (Lipinski definition) is 4. The first-order chi connectivity index (χ1) is 14.5. The highest BCUT2D eigenvalue weighted by Crippen LogP contribution is 2.18. The van der Waals surface area contributed by atoms with Crippen LogP contribution in [0.15, 0.2) is 4.99 Å². The summed E-state index contributed by atoms with van der Waals surface area (Å²) in [5.74, 6) is 2.03. The van der Waals surface area contributed by atoms with Crippen LogP contribution in [0.3, 0.4) is 0 Å². The van der Waals surface area contributed by atoms with Crippen molar-refractivity contribution in [3.05, 3.63) is 0 Å². The molecule has 7 nitrogen and oxygen atoms in total. The molecule has 3 fully saturated rings. The number of rotatable bonds is 7. The second-order valence-corrected chi connectivity index (χ2v) is 9.69. The van der Waals surface area contributed by atoms with Crippen molar-refractivity contribution in [3.63, 3.8) is 0 Å². The van der Waals surface area contributed by atoms with Gasteiger partial charge in [-0.1, -0.05) is 13.8 Å². The second kappa shape index (κ2) is 11.3. The molecule has 0 radical (unpaired) electrons. The Morgan fingerprint density at radius 3 is 2.00 bits per heavy atom. The van der Waals surface area contributed by atoms with Crippen LogP contribution in [-0.2, 0) is 4.79 Å². The van der Waals surface area contributed by atoms with E-state index in [1.807, 2.05) is 11.9 Å². The Morgan fingerprint density at radius 1 is 0.833 bits per heavy atom. The number of nitrogens with one attached hydrogen (secondary N) is 1. The van der Waals surface area contributed by atoms with Crippen molar-refractivity contribution in [2.24, 2.45) is 10.9 Å². The molecular formula is C23H44N6O. The van der Waals surface area contributed by atoms with Crippen LogP contribution in [0.2, 0.25) is 0 Å². The molecule has 0 aromatic heterocycles. The van der Waals surface area contributed by atoms with Crippen LogP contribution in [0.4, 0.5) is 0 Å². The van der Waals surface area contributed by atoms with Crippen molar-refractivity contribution in [1.29, 1.82) is 0 Å². The Bertz CT molecular complexity index is 560. The van der Waals surface area contributed by atoms with Gasteiger partial charge in [-0.25, -0.2) is 0 Å². The fourth-order valence-electron chi connectivity index (χ4n) is 5.23. The van der Waals surface area contributed by atoms with E-state index in [-0.39, 0.29) is 6.04 Å². The average molecular weight is 421 g/mol. The van der Waals surface area contributed by atoms with E-state index in [2.05, 4.69) is 45.8 Å². The van der Waals surface area contributed by atoms with Crippen molar-refractivity contribution in [3.8, 4) is 0 Å². The predicted molar refractivity (Wildman–Crippen MR) is 124 cm³/mol. The molecule has 3 aliphatic heterocycles. The number of likely N-dealkylation sites (tertiary alicyclic amines) is 2. The molecule has 1 N–H and O–H groups in total. The lowest BCUT2D eigenvalue weighted by molar-refractivity contribution is -0.135. The van der Waals surface area contributed by atoms with Crippen LogP contribution in [0.1, 0.15) is 52.9 Å². The topological polar surface area (TPSA) is 54.4 Å². The SMILES string of the molecule is CN=C(NCC(CC(C)C)N1CCCC1)N1CCN(C(C)C(=O)N2CCCC2)CC1. The summed E-state index contributed by atoms with van der Waals surface area (Å²) in [6, 6.07) is 0.578. The van der Waals surface area contributed by atoms with Gasteiger partial charge < -0.3 is 15.1 Å². The number of nitrogens with zero attached hydrogens (tertiary/aromatic N) is 5. The van der Waals surface area contributed by atoms with Crippen molar-refractivity contribution < 1.29 is 4.79 Å². The Hall–Kier alpha value is -1.34. The van der Waals surface area contributed by atoms with Crippen LogP contribution < -0.4 is 5.32 Å². The van der Waals surface area contributed by atoms with Gasteiger partial charge in [0.1, 0.15) is 0 Å². The summed E-state index contributed by atoms with van der Waals surface area (Å²) in [5, 5.41) is 3.67. The molecule has 3 saturated heterocycles. The number of carbonyl (C=O) groups is 1. The third-order valence-corrected chi connectivity index (χ3v) is 7.04. The van der Waals surface area contributed by atoms with E-state index < -0.39 is 0 Å². The first kappa shape index (κ1) is 23.3. The highest BCUT2D eigenvalue weighted by Gasteiger charge is 2.31. The maximum atomic E-state index is 12.7. The lowest BCUT2D eigenvalue weighted by Gasteiger charge is -2.40. The van der Waals surface area contributed by atoms with Gasteiger partial charge in [-0.15, -0.1) is 0 Å². The standard InChI is InChI=1S/C23H44N6O/c1-19(2)17-21(27-9-5-6-10-27)18-25-23(24-4)29-15-13-26(14-16-29)20(3)22(30)28-11-7-8-12-28/h19-21H,5-18H2,1-4H3,(H,24,25). The van der Waals surface area contributed by atoms with E-state index in [0.29, 0.717) is 17.9 Å². The van der Waals surface area contributed by atoms with Gasteiger partial charge >= 0.3 is 0 Å². The predicted octanol–water partition coefficient (Wildman–Crippen LogP) is 1.70. The van der Waals surface area contributed by atoms with E-state index in [0.717, 1.165) is 64.6 Å². The van der Waals surface area contributed by atoms with E-state index in [1.165, 1.54) is 32.4 Å². The lowest BCUT2D eigenvalue weighted by atomic mass is 10.0. The van der Waals surface area contributed by atoms with Crippen LogP contribution in [-0.4, -0.2) is 110 Å². The minimum absolute atomic E-state index is 0.00851. The molecule has 0 aliphatic carbocycles. The monoisotopic (exact) mass is 420 g/mol. The molecule has 3 aliphatic rings. The van der Waals surface area contributed by atoms with Crippen LogP contribution in [0.5, 0.6) is 0 Å². The lowest BCUT2D eigenvalue weighted by Crippen LogP contribution is -2.57. The molecule has 30 heavy (non-hydrogen) atoms. The Kier molecular flexibility index (Phi) is 8.81. The van der Waals surface area contributed by atoms with Gasteiger partial charge in [0.2, 0.25) is 5.91 Å². The summed E-state index contributed by atoms with van der Waals surface area (Å²) in [5.41, 5.74) is 0. The first-order valence-corrected chi connectivity index (χ1v) is 12.2. The Balaban J connectivity index is 1.47.